The zero-order valence-corrected chi connectivity index (χ0v) is 15.9. The summed E-state index contributed by atoms with van der Waals surface area (Å²) in [4.78, 5) is 28.7. The van der Waals surface area contributed by atoms with E-state index in [0.717, 1.165) is 13.0 Å². The number of hydrogen-bond acceptors (Lipinski definition) is 7. The Labute approximate surface area is 166 Å². The number of furan rings is 1. The smallest absolute Gasteiger partial charge is 0.233 e. The lowest BCUT2D eigenvalue weighted by molar-refractivity contribution is 0.0954. The highest BCUT2D eigenvalue weighted by molar-refractivity contribution is 6.32. The Hall–Kier alpha value is -3.16. The number of carbonyl (C=O) groups is 2. The van der Waals surface area contributed by atoms with E-state index < -0.39 is 11.6 Å². The zero-order valence-electron chi connectivity index (χ0n) is 15.9. The predicted octanol–water partition coefficient (Wildman–Crippen LogP) is 2.46. The Morgan fingerprint density at radius 2 is 1.69 bits per heavy atom. The van der Waals surface area contributed by atoms with E-state index in [1.807, 2.05) is 0 Å². The summed E-state index contributed by atoms with van der Waals surface area (Å²) in [5, 5.41) is 22.2. The molecule has 1 saturated heterocycles. The third-order valence-electron chi connectivity index (χ3n) is 5.95. The van der Waals surface area contributed by atoms with E-state index in [1.54, 1.807) is 31.2 Å². The molecule has 1 aliphatic heterocycles. The van der Waals surface area contributed by atoms with E-state index in [2.05, 4.69) is 4.90 Å². The number of hydrogen-bond donors (Lipinski definition) is 3. The van der Waals surface area contributed by atoms with Gasteiger partial charge in [-0.05, 0) is 13.3 Å². The van der Waals surface area contributed by atoms with E-state index in [-0.39, 0.29) is 40.0 Å². The molecule has 1 fully saturated rings. The summed E-state index contributed by atoms with van der Waals surface area (Å²) in [5.41, 5.74) is 6.41. The molecule has 5 rings (SSSR count). The largest absolute Gasteiger partial charge is 0.506 e. The first-order chi connectivity index (χ1) is 13.9. The fourth-order valence-corrected chi connectivity index (χ4v) is 4.48. The average molecular weight is 392 g/mol. The van der Waals surface area contributed by atoms with E-state index in [4.69, 9.17) is 10.2 Å². The quantitative estimate of drug-likeness (QED) is 0.449. The van der Waals surface area contributed by atoms with Crippen LogP contribution in [0.5, 0.6) is 11.5 Å². The van der Waals surface area contributed by atoms with Gasteiger partial charge in [0, 0.05) is 42.0 Å². The van der Waals surface area contributed by atoms with Crippen LogP contribution in [0.2, 0.25) is 0 Å². The molecular weight excluding hydrogens is 372 g/mol. The van der Waals surface area contributed by atoms with Crippen LogP contribution < -0.4 is 5.73 Å². The van der Waals surface area contributed by atoms with E-state index >= 15 is 0 Å². The van der Waals surface area contributed by atoms with Crippen LogP contribution in [0.4, 0.5) is 0 Å². The SMILES string of the molecule is Cc1oc2c(c1CN1CC[C@H](N)C1)C(=O)c1c(c(O)c3ccccc3c1O)C2=O. The van der Waals surface area contributed by atoms with E-state index in [9.17, 15) is 19.8 Å². The monoisotopic (exact) mass is 392 g/mol. The first-order valence-electron chi connectivity index (χ1n) is 9.54. The van der Waals surface area contributed by atoms with Crippen molar-refractivity contribution < 1.29 is 24.2 Å². The van der Waals surface area contributed by atoms with Crippen LogP contribution in [-0.2, 0) is 6.54 Å². The maximum Gasteiger partial charge on any atom is 0.233 e. The van der Waals surface area contributed by atoms with Gasteiger partial charge in [0.1, 0.15) is 17.3 Å². The van der Waals surface area contributed by atoms with Crippen LogP contribution in [0.3, 0.4) is 0 Å². The Morgan fingerprint density at radius 1 is 1.07 bits per heavy atom. The second-order valence-electron chi connectivity index (χ2n) is 7.78. The van der Waals surface area contributed by atoms with Gasteiger partial charge in [0.25, 0.3) is 0 Å². The van der Waals surface area contributed by atoms with E-state index in [0.29, 0.717) is 35.2 Å². The number of likely N-dealkylation sites (tertiary alicyclic amines) is 1. The molecule has 0 unspecified atom stereocenters. The topological polar surface area (TPSA) is 117 Å². The highest BCUT2D eigenvalue weighted by atomic mass is 16.4. The summed E-state index contributed by atoms with van der Waals surface area (Å²) in [6.45, 7) is 3.66. The lowest BCUT2D eigenvalue weighted by Gasteiger charge is -2.20. The van der Waals surface area contributed by atoms with Crippen molar-refractivity contribution in [1.29, 1.82) is 0 Å². The van der Waals surface area contributed by atoms with Gasteiger partial charge < -0.3 is 20.4 Å². The molecule has 7 heteroatoms. The minimum Gasteiger partial charge on any atom is -0.506 e. The van der Waals surface area contributed by atoms with Crippen LogP contribution in [0.1, 0.15) is 49.8 Å². The van der Waals surface area contributed by atoms with Crippen LogP contribution in [0.25, 0.3) is 10.8 Å². The average Bonchev–Trinajstić information content (AvgIpc) is 3.26. The van der Waals surface area contributed by atoms with E-state index in [1.165, 1.54) is 0 Å². The number of fused-ring (bicyclic) bond motifs is 3. The number of nitrogens with zero attached hydrogens (tertiary/aromatic N) is 1. The molecular formula is C22H20N2O5. The standard InChI is InChI=1S/C22H20N2O5/c1-10-14(9-24-7-6-11(23)8-24)15-20(27)16-17(21(28)22(15)29-10)19(26)13-5-3-2-4-12(13)18(16)25/h2-5,11,25-26H,6-9,23H2,1H3/t11-/m0/s1. The van der Waals surface area contributed by atoms with Crippen LogP contribution in [-0.4, -0.2) is 45.8 Å². The van der Waals surface area contributed by atoms with Crippen molar-refractivity contribution in [2.24, 2.45) is 5.73 Å². The maximum atomic E-state index is 13.4. The van der Waals surface area contributed by atoms with Crippen molar-refractivity contribution in [1.82, 2.24) is 4.90 Å². The fraction of sp³-hybridized carbons (Fsp3) is 0.273. The molecule has 1 aliphatic carbocycles. The number of phenols is 2. The molecule has 0 spiro atoms. The highest BCUT2D eigenvalue weighted by Crippen LogP contribution is 2.45. The van der Waals surface area contributed by atoms with Crippen LogP contribution >= 0.6 is 0 Å². The number of rotatable bonds is 2. The molecule has 1 atom stereocenters. The Morgan fingerprint density at radius 3 is 2.28 bits per heavy atom. The predicted molar refractivity (Wildman–Crippen MR) is 105 cm³/mol. The van der Waals surface area contributed by atoms with Crippen LogP contribution in [0, 0.1) is 6.92 Å². The van der Waals surface area contributed by atoms with Crippen LogP contribution in [0.15, 0.2) is 28.7 Å². The van der Waals surface area contributed by atoms with Crippen molar-refractivity contribution in [3.05, 3.63) is 58.0 Å². The summed E-state index contributed by atoms with van der Waals surface area (Å²) in [7, 11) is 0. The molecule has 4 N–H and O–H groups in total. The van der Waals surface area contributed by atoms with Gasteiger partial charge >= 0.3 is 0 Å². The summed E-state index contributed by atoms with van der Waals surface area (Å²) in [6, 6.07) is 6.66. The molecule has 0 saturated carbocycles. The minimum atomic E-state index is -0.597. The Kier molecular flexibility index (Phi) is 3.81. The lowest BCUT2D eigenvalue weighted by atomic mass is 9.83. The molecule has 2 heterocycles. The second-order valence-corrected chi connectivity index (χ2v) is 7.78. The van der Waals surface area contributed by atoms with Crippen molar-refractivity contribution in [3.63, 3.8) is 0 Å². The fourth-order valence-electron chi connectivity index (χ4n) is 4.48. The zero-order chi connectivity index (χ0) is 20.4. The molecule has 2 aliphatic rings. The number of aromatic hydroxyl groups is 2. The van der Waals surface area contributed by atoms with Gasteiger partial charge in [-0.1, -0.05) is 24.3 Å². The molecule has 29 heavy (non-hydrogen) atoms. The number of aryl methyl sites for hydroxylation is 1. The van der Waals surface area contributed by atoms with Gasteiger partial charge in [-0.3, -0.25) is 14.5 Å². The van der Waals surface area contributed by atoms with Gasteiger partial charge in [0.2, 0.25) is 11.6 Å². The van der Waals surface area contributed by atoms with Gasteiger partial charge in [-0.25, -0.2) is 0 Å². The summed E-state index contributed by atoms with van der Waals surface area (Å²) >= 11 is 0. The lowest BCUT2D eigenvalue weighted by Crippen LogP contribution is -2.27. The highest BCUT2D eigenvalue weighted by Gasteiger charge is 2.41. The summed E-state index contributed by atoms with van der Waals surface area (Å²) < 4.78 is 5.70. The van der Waals surface area contributed by atoms with Gasteiger partial charge in [-0.2, -0.15) is 0 Å². The minimum absolute atomic E-state index is 0.0801. The molecule has 0 amide bonds. The molecule has 1 aromatic heterocycles. The third kappa shape index (κ3) is 2.44. The van der Waals surface area contributed by atoms with Crippen molar-refractivity contribution in [2.45, 2.75) is 25.9 Å². The molecule has 3 aromatic rings. The summed E-state index contributed by atoms with van der Waals surface area (Å²) in [6.07, 6.45) is 0.870. The van der Waals surface area contributed by atoms with Crippen molar-refractivity contribution in [3.8, 4) is 11.5 Å². The number of ketones is 2. The Balaban J connectivity index is 1.71. The van der Waals surface area contributed by atoms with Crippen molar-refractivity contribution >= 4 is 22.3 Å². The number of carbonyl (C=O) groups excluding carboxylic acids is 2. The number of benzene rings is 2. The number of phenolic OH excluding ortho intramolecular Hbond substituents is 2. The van der Waals surface area contributed by atoms with Gasteiger partial charge in [0.05, 0.1) is 16.7 Å². The first-order valence-corrected chi connectivity index (χ1v) is 9.54. The molecule has 148 valence electrons. The number of nitrogens with two attached hydrogens (primary N) is 1. The molecule has 2 aromatic carbocycles. The van der Waals surface area contributed by atoms with Crippen molar-refractivity contribution in [2.75, 3.05) is 13.1 Å². The summed E-state index contributed by atoms with van der Waals surface area (Å²) in [5.74, 6) is -1.33. The van der Waals surface area contributed by atoms with Gasteiger partial charge in [-0.15, -0.1) is 0 Å². The van der Waals surface area contributed by atoms with Gasteiger partial charge in [0.15, 0.2) is 5.76 Å². The molecule has 0 radical (unpaired) electrons. The first kappa shape index (κ1) is 17.9. The Bertz CT molecular complexity index is 1210. The second kappa shape index (κ2) is 6.17. The molecule has 0 bridgehead atoms. The normalized spacial score (nSPS) is 19.0. The molecule has 7 nitrogen and oxygen atoms in total. The third-order valence-corrected chi connectivity index (χ3v) is 5.95. The maximum absolute atomic E-state index is 13.4.